The summed E-state index contributed by atoms with van der Waals surface area (Å²) in [7, 11) is 0. The van der Waals surface area contributed by atoms with Gasteiger partial charge in [0.1, 0.15) is 11.5 Å². The van der Waals surface area contributed by atoms with E-state index in [-0.39, 0.29) is 17.4 Å². The number of nitrogens with one attached hydrogen (secondary N) is 1. The lowest BCUT2D eigenvalue weighted by Crippen LogP contribution is -2.61. The molecule has 106 valence electrons. The Morgan fingerprint density at radius 2 is 2.00 bits per heavy atom. The summed E-state index contributed by atoms with van der Waals surface area (Å²) in [6.45, 7) is 6.73. The third-order valence-electron chi connectivity index (χ3n) is 3.14. The Hall–Kier alpha value is -1.76. The number of anilines is 2. The minimum Gasteiger partial charge on any atom is -0.386 e. The molecule has 2 heterocycles. The highest BCUT2D eigenvalue weighted by Crippen LogP contribution is 2.28. The third-order valence-corrected chi connectivity index (χ3v) is 3.14. The average molecular weight is 268 g/mol. The fourth-order valence-electron chi connectivity index (χ4n) is 2.36. The first-order valence-electron chi connectivity index (χ1n) is 6.31. The Morgan fingerprint density at radius 3 is 2.47 bits per heavy atom. The summed E-state index contributed by atoms with van der Waals surface area (Å²) in [5.74, 6) is 0.399. The fourth-order valence-corrected chi connectivity index (χ4v) is 2.36. The molecule has 4 N–H and O–H groups in total. The molecule has 1 aromatic heterocycles. The minimum atomic E-state index is -0.808. The maximum absolute atomic E-state index is 11.9. The number of hydrogen-bond donors (Lipinski definition) is 3. The van der Waals surface area contributed by atoms with Gasteiger partial charge in [0, 0.05) is 19.6 Å². The van der Waals surface area contributed by atoms with Gasteiger partial charge in [-0.2, -0.15) is 0 Å². The molecule has 0 bridgehead atoms. The fraction of sp³-hybridized carbons (Fsp3) is 0.667. The second kappa shape index (κ2) is 4.41. The van der Waals surface area contributed by atoms with Crippen LogP contribution in [0.1, 0.15) is 20.8 Å². The van der Waals surface area contributed by atoms with E-state index >= 15 is 0 Å². The number of nitrogens with two attached hydrogens (primary N) is 1. The zero-order chi connectivity index (χ0) is 14.4. The van der Waals surface area contributed by atoms with E-state index in [1.54, 1.807) is 11.8 Å². The van der Waals surface area contributed by atoms with Crippen LogP contribution in [-0.2, 0) is 6.54 Å². The van der Waals surface area contributed by atoms with Crippen LogP contribution in [0.25, 0.3) is 0 Å². The standard InChI is InChI=1S/C12H20N4O3/c1-7(2)4-16-9(13)8(10(17)14-11(16)18)15-5-12(3,19)6-15/h7,19H,4-6,13H2,1-3H3,(H,14,17,18). The Kier molecular flexibility index (Phi) is 3.17. The van der Waals surface area contributed by atoms with Gasteiger partial charge in [-0.3, -0.25) is 14.3 Å². The molecule has 0 unspecified atom stereocenters. The van der Waals surface area contributed by atoms with Crippen LogP contribution in [0.2, 0.25) is 0 Å². The molecule has 1 aliphatic heterocycles. The number of H-pyrrole nitrogens is 1. The molecule has 1 aliphatic rings. The Morgan fingerprint density at radius 1 is 1.42 bits per heavy atom. The highest BCUT2D eigenvalue weighted by molar-refractivity contribution is 5.64. The molecule has 0 amide bonds. The first-order valence-corrected chi connectivity index (χ1v) is 6.31. The van der Waals surface area contributed by atoms with Crippen LogP contribution in [0, 0.1) is 5.92 Å². The Labute approximate surface area is 110 Å². The molecular formula is C12H20N4O3. The normalized spacial score (nSPS) is 17.6. The van der Waals surface area contributed by atoms with Crippen molar-refractivity contribution >= 4 is 11.5 Å². The number of hydrogen-bond acceptors (Lipinski definition) is 5. The Bertz CT molecular complexity index is 592. The summed E-state index contributed by atoms with van der Waals surface area (Å²) in [6.07, 6.45) is 0. The molecule has 1 fully saturated rings. The van der Waals surface area contributed by atoms with Gasteiger partial charge in [0.2, 0.25) is 0 Å². The lowest BCUT2D eigenvalue weighted by atomic mass is 9.96. The predicted octanol–water partition coefficient (Wildman–Crippen LogP) is -0.654. The van der Waals surface area contributed by atoms with Crippen molar-refractivity contribution < 1.29 is 5.11 Å². The van der Waals surface area contributed by atoms with Crippen molar-refractivity contribution in [3.8, 4) is 0 Å². The molecule has 1 aromatic rings. The molecule has 1 saturated heterocycles. The van der Waals surface area contributed by atoms with Crippen molar-refractivity contribution in [3.05, 3.63) is 20.8 Å². The number of nitrogens with zero attached hydrogens (tertiary/aromatic N) is 2. The molecule has 0 aliphatic carbocycles. The smallest absolute Gasteiger partial charge is 0.330 e. The van der Waals surface area contributed by atoms with Crippen LogP contribution in [0.15, 0.2) is 9.59 Å². The van der Waals surface area contributed by atoms with Crippen LogP contribution in [0.3, 0.4) is 0 Å². The summed E-state index contributed by atoms with van der Waals surface area (Å²) in [5.41, 5.74) is 4.42. The van der Waals surface area contributed by atoms with Crippen LogP contribution in [0.5, 0.6) is 0 Å². The van der Waals surface area contributed by atoms with Gasteiger partial charge in [0.25, 0.3) is 5.56 Å². The van der Waals surface area contributed by atoms with E-state index in [0.717, 1.165) is 0 Å². The molecule has 0 spiro atoms. The second-order valence-electron chi connectivity index (χ2n) is 5.85. The molecule has 0 saturated carbocycles. The lowest BCUT2D eigenvalue weighted by molar-refractivity contribution is 0.0309. The predicted molar refractivity (Wildman–Crippen MR) is 73.4 cm³/mol. The first kappa shape index (κ1) is 13.7. The highest BCUT2D eigenvalue weighted by atomic mass is 16.3. The highest BCUT2D eigenvalue weighted by Gasteiger charge is 2.39. The van der Waals surface area contributed by atoms with E-state index in [0.29, 0.717) is 19.6 Å². The largest absolute Gasteiger partial charge is 0.386 e. The number of aromatic amines is 1. The molecule has 0 atom stereocenters. The van der Waals surface area contributed by atoms with Crippen molar-refractivity contribution in [3.63, 3.8) is 0 Å². The third kappa shape index (κ3) is 2.51. The molecule has 0 radical (unpaired) electrons. The quantitative estimate of drug-likeness (QED) is 0.675. The van der Waals surface area contributed by atoms with Crippen molar-refractivity contribution in [2.45, 2.75) is 32.9 Å². The maximum Gasteiger partial charge on any atom is 0.330 e. The average Bonchev–Trinajstić information content (AvgIpc) is 2.21. The molecular weight excluding hydrogens is 248 g/mol. The molecule has 19 heavy (non-hydrogen) atoms. The van der Waals surface area contributed by atoms with E-state index in [2.05, 4.69) is 4.98 Å². The van der Waals surface area contributed by atoms with E-state index in [9.17, 15) is 14.7 Å². The number of nitrogen functional groups attached to an aromatic ring is 1. The second-order valence-corrected chi connectivity index (χ2v) is 5.85. The summed E-state index contributed by atoms with van der Waals surface area (Å²) < 4.78 is 1.37. The maximum atomic E-state index is 11.9. The zero-order valence-electron chi connectivity index (χ0n) is 11.4. The number of aromatic nitrogens is 2. The monoisotopic (exact) mass is 268 g/mol. The topological polar surface area (TPSA) is 104 Å². The van der Waals surface area contributed by atoms with Crippen LogP contribution in [-0.4, -0.2) is 33.3 Å². The van der Waals surface area contributed by atoms with Crippen LogP contribution in [0.4, 0.5) is 11.5 Å². The molecule has 0 aromatic carbocycles. The van der Waals surface area contributed by atoms with E-state index < -0.39 is 16.9 Å². The lowest BCUT2D eigenvalue weighted by Gasteiger charge is -2.45. The van der Waals surface area contributed by atoms with Gasteiger partial charge >= 0.3 is 5.69 Å². The summed E-state index contributed by atoms with van der Waals surface area (Å²) in [4.78, 5) is 27.6. The van der Waals surface area contributed by atoms with E-state index in [1.165, 1.54) is 4.57 Å². The SMILES string of the molecule is CC(C)Cn1c(N)c(N2CC(C)(O)C2)c(=O)[nH]c1=O. The van der Waals surface area contributed by atoms with E-state index in [1.807, 2.05) is 13.8 Å². The molecule has 7 heteroatoms. The summed E-state index contributed by atoms with van der Waals surface area (Å²) >= 11 is 0. The van der Waals surface area contributed by atoms with Crippen LogP contribution >= 0.6 is 0 Å². The van der Waals surface area contributed by atoms with Gasteiger partial charge in [-0.05, 0) is 12.8 Å². The van der Waals surface area contributed by atoms with Gasteiger partial charge in [-0.25, -0.2) is 4.79 Å². The van der Waals surface area contributed by atoms with Crippen molar-refractivity contribution in [1.82, 2.24) is 9.55 Å². The zero-order valence-corrected chi connectivity index (χ0v) is 11.4. The summed E-state index contributed by atoms with van der Waals surface area (Å²) in [5, 5.41) is 9.73. The minimum absolute atomic E-state index is 0.165. The number of rotatable bonds is 3. The van der Waals surface area contributed by atoms with E-state index in [4.69, 9.17) is 5.73 Å². The Balaban J connectivity index is 2.45. The first-order chi connectivity index (χ1) is 8.71. The van der Waals surface area contributed by atoms with Crippen molar-refractivity contribution in [1.29, 1.82) is 0 Å². The number of aliphatic hydroxyl groups is 1. The van der Waals surface area contributed by atoms with Crippen molar-refractivity contribution in [2.24, 2.45) is 5.92 Å². The van der Waals surface area contributed by atoms with Gasteiger partial charge in [0.15, 0.2) is 0 Å². The van der Waals surface area contributed by atoms with Crippen LogP contribution < -0.4 is 21.9 Å². The summed E-state index contributed by atoms with van der Waals surface area (Å²) in [6, 6.07) is 0. The van der Waals surface area contributed by atoms with Gasteiger partial charge in [0.05, 0.1) is 5.60 Å². The van der Waals surface area contributed by atoms with Gasteiger partial charge in [-0.15, -0.1) is 0 Å². The number of β-amino-alcohol motifs (C(OH)–C–C–N with tert-alkyl or cyclic N) is 1. The molecule has 2 rings (SSSR count). The molecule has 7 nitrogen and oxygen atoms in total. The van der Waals surface area contributed by atoms with Gasteiger partial charge in [-0.1, -0.05) is 13.8 Å². The van der Waals surface area contributed by atoms with Crippen molar-refractivity contribution in [2.75, 3.05) is 23.7 Å². The van der Waals surface area contributed by atoms with Gasteiger partial charge < -0.3 is 15.7 Å².